The molecule has 2 aromatic carbocycles. The van der Waals surface area contributed by atoms with Gasteiger partial charge in [0, 0.05) is 31.9 Å². The third kappa shape index (κ3) is 4.98. The number of piperazine rings is 1. The summed E-state index contributed by atoms with van der Waals surface area (Å²) in [6.07, 6.45) is 0.280. The molecule has 0 radical (unpaired) electrons. The lowest BCUT2D eigenvalue weighted by molar-refractivity contribution is -0.115. The fraction of sp³-hybridized carbons (Fsp3) is 0.381. The van der Waals surface area contributed by atoms with Gasteiger partial charge < -0.3 is 10.2 Å². The van der Waals surface area contributed by atoms with Crippen molar-refractivity contribution in [3.05, 3.63) is 59.7 Å². The van der Waals surface area contributed by atoms with Gasteiger partial charge in [0.05, 0.1) is 11.3 Å². The molecule has 7 heteroatoms. The Hall–Kier alpha value is -2.22. The molecule has 0 aliphatic carbocycles. The van der Waals surface area contributed by atoms with E-state index in [4.69, 9.17) is 0 Å². The van der Waals surface area contributed by atoms with Crippen molar-refractivity contribution >= 4 is 21.6 Å². The first-order valence-corrected chi connectivity index (χ1v) is 11.0. The maximum absolute atomic E-state index is 12.8. The number of likely N-dealkylation sites (N-methyl/N-ethyl adjacent to an activating group) is 1. The average Bonchev–Trinajstić information content (AvgIpc) is 2.70. The lowest BCUT2D eigenvalue weighted by atomic mass is 10.1. The summed E-state index contributed by atoms with van der Waals surface area (Å²) in [5.41, 5.74) is 2.68. The Bertz CT molecular complexity index is 901. The molecule has 0 saturated carbocycles. The number of aryl methyl sites for hydroxylation is 1. The number of hydrogen-bond acceptors (Lipinski definition) is 4. The Morgan fingerprint density at radius 3 is 2.14 bits per heavy atom. The Balaban J connectivity index is 1.61. The van der Waals surface area contributed by atoms with Crippen molar-refractivity contribution < 1.29 is 13.2 Å². The van der Waals surface area contributed by atoms with Crippen LogP contribution >= 0.6 is 0 Å². The third-order valence-electron chi connectivity index (χ3n) is 5.04. The van der Waals surface area contributed by atoms with E-state index in [0.29, 0.717) is 18.8 Å². The zero-order valence-corrected chi connectivity index (χ0v) is 17.2. The number of rotatable bonds is 6. The standard InChI is InChI=1S/C21H27N3O3S/c1-3-23-12-14-24(15-13-23)28(26,27)20-10-8-19(9-11-20)22-21(25)16-18-6-4-17(2)5-7-18/h4-11H,3,12-16H2,1-2H3,(H,22,25). The van der Waals surface area contributed by atoms with Crippen LogP contribution in [0.5, 0.6) is 0 Å². The normalized spacial score (nSPS) is 16.1. The largest absolute Gasteiger partial charge is 0.326 e. The van der Waals surface area contributed by atoms with Gasteiger partial charge in [-0.15, -0.1) is 0 Å². The second-order valence-corrected chi connectivity index (χ2v) is 9.01. The number of sulfonamides is 1. The molecule has 0 aromatic heterocycles. The number of amides is 1. The summed E-state index contributed by atoms with van der Waals surface area (Å²) in [6, 6.07) is 14.2. The van der Waals surface area contributed by atoms with E-state index in [-0.39, 0.29) is 17.2 Å². The second kappa shape index (κ2) is 8.86. The number of carbonyl (C=O) groups is 1. The highest BCUT2D eigenvalue weighted by Gasteiger charge is 2.27. The fourth-order valence-corrected chi connectivity index (χ4v) is 4.66. The number of nitrogens with zero attached hydrogens (tertiary/aromatic N) is 2. The van der Waals surface area contributed by atoms with E-state index in [0.717, 1.165) is 30.8 Å². The summed E-state index contributed by atoms with van der Waals surface area (Å²) >= 11 is 0. The topological polar surface area (TPSA) is 69.7 Å². The van der Waals surface area contributed by atoms with E-state index in [1.54, 1.807) is 24.3 Å². The van der Waals surface area contributed by atoms with Gasteiger partial charge in [-0.3, -0.25) is 4.79 Å². The Labute approximate surface area is 167 Å². The highest BCUT2D eigenvalue weighted by atomic mass is 32.2. The monoisotopic (exact) mass is 401 g/mol. The number of anilines is 1. The van der Waals surface area contributed by atoms with Crippen molar-refractivity contribution in [3.63, 3.8) is 0 Å². The molecule has 6 nitrogen and oxygen atoms in total. The van der Waals surface area contributed by atoms with E-state index in [2.05, 4.69) is 17.1 Å². The first-order chi connectivity index (χ1) is 13.4. The van der Waals surface area contributed by atoms with E-state index < -0.39 is 10.0 Å². The van der Waals surface area contributed by atoms with Crippen LogP contribution in [0.4, 0.5) is 5.69 Å². The minimum atomic E-state index is -3.50. The van der Waals surface area contributed by atoms with Crippen LogP contribution in [0.3, 0.4) is 0 Å². The molecule has 28 heavy (non-hydrogen) atoms. The van der Waals surface area contributed by atoms with Gasteiger partial charge in [-0.25, -0.2) is 8.42 Å². The summed E-state index contributed by atoms with van der Waals surface area (Å²) in [4.78, 5) is 14.7. The van der Waals surface area contributed by atoms with Gasteiger partial charge in [-0.05, 0) is 43.3 Å². The fourth-order valence-electron chi connectivity index (χ4n) is 3.24. The minimum Gasteiger partial charge on any atom is -0.326 e. The molecule has 0 atom stereocenters. The predicted molar refractivity (Wildman–Crippen MR) is 111 cm³/mol. The van der Waals surface area contributed by atoms with Crippen molar-refractivity contribution in [3.8, 4) is 0 Å². The van der Waals surface area contributed by atoms with Gasteiger partial charge in [0.15, 0.2) is 0 Å². The lowest BCUT2D eigenvalue weighted by Crippen LogP contribution is -2.48. The molecule has 1 heterocycles. The third-order valence-corrected chi connectivity index (χ3v) is 6.95. The van der Waals surface area contributed by atoms with Gasteiger partial charge in [0.25, 0.3) is 0 Å². The molecule has 1 aliphatic rings. The highest BCUT2D eigenvalue weighted by Crippen LogP contribution is 2.20. The molecule has 1 aliphatic heterocycles. The van der Waals surface area contributed by atoms with E-state index in [1.807, 2.05) is 31.2 Å². The zero-order valence-electron chi connectivity index (χ0n) is 16.4. The van der Waals surface area contributed by atoms with Gasteiger partial charge in [0.1, 0.15) is 0 Å². The van der Waals surface area contributed by atoms with Crippen LogP contribution < -0.4 is 5.32 Å². The number of hydrogen-bond donors (Lipinski definition) is 1. The van der Waals surface area contributed by atoms with Crippen molar-refractivity contribution in [1.82, 2.24) is 9.21 Å². The van der Waals surface area contributed by atoms with Crippen LogP contribution in [0.2, 0.25) is 0 Å². The van der Waals surface area contributed by atoms with Gasteiger partial charge in [-0.1, -0.05) is 36.8 Å². The Morgan fingerprint density at radius 2 is 1.57 bits per heavy atom. The number of nitrogens with one attached hydrogen (secondary N) is 1. The molecular weight excluding hydrogens is 374 g/mol. The lowest BCUT2D eigenvalue weighted by Gasteiger charge is -2.33. The van der Waals surface area contributed by atoms with Crippen LogP contribution in [-0.2, 0) is 21.2 Å². The van der Waals surface area contributed by atoms with Crippen LogP contribution in [-0.4, -0.2) is 56.3 Å². The van der Waals surface area contributed by atoms with Crippen molar-refractivity contribution in [2.75, 3.05) is 38.0 Å². The molecule has 150 valence electrons. The number of carbonyl (C=O) groups excluding carboxylic acids is 1. The van der Waals surface area contributed by atoms with E-state index in [1.165, 1.54) is 4.31 Å². The SMILES string of the molecule is CCN1CCN(S(=O)(=O)c2ccc(NC(=O)Cc3ccc(C)cc3)cc2)CC1. The average molecular weight is 402 g/mol. The predicted octanol–water partition coefficient (Wildman–Crippen LogP) is 2.50. The van der Waals surface area contributed by atoms with Crippen molar-refractivity contribution in [2.45, 2.75) is 25.2 Å². The van der Waals surface area contributed by atoms with E-state index >= 15 is 0 Å². The maximum atomic E-state index is 12.8. The molecule has 2 aromatic rings. The minimum absolute atomic E-state index is 0.129. The highest BCUT2D eigenvalue weighted by molar-refractivity contribution is 7.89. The van der Waals surface area contributed by atoms with Crippen LogP contribution in [0.25, 0.3) is 0 Å². The van der Waals surface area contributed by atoms with E-state index in [9.17, 15) is 13.2 Å². The van der Waals surface area contributed by atoms with Gasteiger partial charge >= 0.3 is 0 Å². The molecule has 1 fully saturated rings. The molecule has 1 saturated heterocycles. The first kappa shape index (κ1) is 20.5. The van der Waals surface area contributed by atoms with Crippen molar-refractivity contribution in [1.29, 1.82) is 0 Å². The summed E-state index contributed by atoms with van der Waals surface area (Å²) < 4.78 is 27.1. The first-order valence-electron chi connectivity index (χ1n) is 9.56. The Kier molecular flexibility index (Phi) is 6.49. The maximum Gasteiger partial charge on any atom is 0.243 e. The second-order valence-electron chi connectivity index (χ2n) is 7.07. The summed E-state index contributed by atoms with van der Waals surface area (Å²) in [6.45, 7) is 7.53. The molecular formula is C21H27N3O3S. The number of benzene rings is 2. The van der Waals surface area contributed by atoms with Gasteiger partial charge in [0.2, 0.25) is 15.9 Å². The van der Waals surface area contributed by atoms with Crippen LogP contribution in [0.15, 0.2) is 53.4 Å². The quantitative estimate of drug-likeness (QED) is 0.807. The molecule has 1 amide bonds. The smallest absolute Gasteiger partial charge is 0.243 e. The molecule has 0 spiro atoms. The summed E-state index contributed by atoms with van der Waals surface area (Å²) in [5, 5.41) is 2.82. The molecule has 0 bridgehead atoms. The summed E-state index contributed by atoms with van der Waals surface area (Å²) in [5.74, 6) is -0.129. The van der Waals surface area contributed by atoms with Crippen LogP contribution in [0.1, 0.15) is 18.1 Å². The molecule has 0 unspecified atom stereocenters. The molecule has 3 rings (SSSR count). The Morgan fingerprint density at radius 1 is 0.964 bits per heavy atom. The zero-order chi connectivity index (χ0) is 20.1. The van der Waals surface area contributed by atoms with Crippen molar-refractivity contribution in [2.24, 2.45) is 0 Å². The van der Waals surface area contributed by atoms with Gasteiger partial charge in [-0.2, -0.15) is 4.31 Å². The summed E-state index contributed by atoms with van der Waals surface area (Å²) in [7, 11) is -3.50. The van der Waals surface area contributed by atoms with Crippen LogP contribution in [0, 0.1) is 6.92 Å². The molecule has 1 N–H and O–H groups in total.